The Balaban J connectivity index is 2.55. The number of carbonyl (C=O) groups is 1. The number of nitrogens with one attached hydrogen (secondary N) is 1. The van der Waals surface area contributed by atoms with E-state index >= 15 is 0 Å². The van der Waals surface area contributed by atoms with Crippen molar-refractivity contribution in [3.63, 3.8) is 0 Å². The highest BCUT2D eigenvalue weighted by Gasteiger charge is 2.18. The Morgan fingerprint density at radius 1 is 1.86 bits per heavy atom. The number of aromatic nitrogens is 1. The van der Waals surface area contributed by atoms with E-state index in [4.69, 9.17) is 5.84 Å². The van der Waals surface area contributed by atoms with E-state index in [0.29, 0.717) is 0 Å². The number of hydrogen-bond acceptors (Lipinski definition) is 5. The van der Waals surface area contributed by atoms with Crippen molar-refractivity contribution in [3.8, 4) is 0 Å². The third-order valence-electron chi connectivity index (χ3n) is 1.64. The third-order valence-corrected chi connectivity index (χ3v) is 3.82. The van der Waals surface area contributed by atoms with Crippen molar-refractivity contribution in [2.45, 2.75) is 29.4 Å². The number of hydrogen-bond donors (Lipinski definition) is 2. The number of nitrogens with two attached hydrogens (primary N) is 1. The number of hydrazine groups is 1. The first-order chi connectivity index (χ1) is 6.77. The lowest BCUT2D eigenvalue weighted by Gasteiger charge is -2.11. The summed E-state index contributed by atoms with van der Waals surface area (Å²) in [6.07, 6.45) is 3.50. The van der Waals surface area contributed by atoms with Crippen molar-refractivity contribution in [2.75, 3.05) is 0 Å². The Labute approximate surface area is 91.3 Å². The Morgan fingerprint density at radius 3 is 3.14 bits per heavy atom. The normalized spacial score (nSPS) is 12.4. The second kappa shape index (κ2) is 6.00. The van der Waals surface area contributed by atoms with Crippen LogP contribution in [0.25, 0.3) is 0 Å². The Hall–Kier alpha value is -0.590. The smallest absolute Gasteiger partial charge is 0.247 e. The predicted molar refractivity (Wildman–Crippen MR) is 59.0 cm³/mol. The Morgan fingerprint density at radius 2 is 2.64 bits per heavy atom. The van der Waals surface area contributed by atoms with Gasteiger partial charge < -0.3 is 0 Å². The van der Waals surface area contributed by atoms with Gasteiger partial charge in [0, 0.05) is 11.6 Å². The molecule has 1 aromatic rings. The molecule has 1 aromatic heterocycles. The standard InChI is InChI=1S/C8H13N3OS2/c1-2-3-6(7(12)11-9)14-8-10-4-5-13-8/h4-6H,2-3,9H2,1H3,(H,11,12). The highest BCUT2D eigenvalue weighted by atomic mass is 32.2. The van der Waals surface area contributed by atoms with Crippen LogP contribution in [0.4, 0.5) is 0 Å². The van der Waals surface area contributed by atoms with E-state index in [-0.39, 0.29) is 11.2 Å². The molecular weight excluding hydrogens is 218 g/mol. The average molecular weight is 231 g/mol. The molecule has 1 rings (SSSR count). The van der Waals surface area contributed by atoms with Gasteiger partial charge in [0.05, 0.1) is 5.25 Å². The fourth-order valence-electron chi connectivity index (χ4n) is 0.989. The molecule has 1 unspecified atom stereocenters. The van der Waals surface area contributed by atoms with Crippen LogP contribution in [0.2, 0.25) is 0 Å². The van der Waals surface area contributed by atoms with E-state index in [1.807, 2.05) is 12.3 Å². The molecule has 0 spiro atoms. The number of carbonyl (C=O) groups excluding carboxylic acids is 1. The van der Waals surface area contributed by atoms with Crippen LogP contribution in [-0.2, 0) is 4.79 Å². The number of nitrogens with zero attached hydrogens (tertiary/aromatic N) is 1. The molecule has 0 fully saturated rings. The van der Waals surface area contributed by atoms with E-state index in [1.165, 1.54) is 23.1 Å². The van der Waals surface area contributed by atoms with Gasteiger partial charge in [-0.2, -0.15) is 0 Å². The number of thiazole rings is 1. The lowest BCUT2D eigenvalue weighted by atomic mass is 10.2. The summed E-state index contributed by atoms with van der Waals surface area (Å²) in [6.45, 7) is 2.04. The van der Waals surface area contributed by atoms with Crippen molar-refractivity contribution >= 4 is 29.0 Å². The molecule has 6 heteroatoms. The Kier molecular flexibility index (Phi) is 4.92. The largest absolute Gasteiger partial charge is 0.293 e. The van der Waals surface area contributed by atoms with Gasteiger partial charge in [0.15, 0.2) is 4.34 Å². The summed E-state index contributed by atoms with van der Waals surface area (Å²) < 4.78 is 0.909. The molecule has 0 aromatic carbocycles. The quantitative estimate of drug-likeness (QED) is 0.348. The molecule has 0 aliphatic carbocycles. The maximum absolute atomic E-state index is 11.3. The summed E-state index contributed by atoms with van der Waals surface area (Å²) in [4.78, 5) is 15.5. The van der Waals surface area contributed by atoms with Gasteiger partial charge in [0.25, 0.3) is 0 Å². The first-order valence-corrected chi connectivity index (χ1v) is 6.10. The van der Waals surface area contributed by atoms with E-state index in [1.54, 1.807) is 6.20 Å². The molecule has 0 aliphatic rings. The van der Waals surface area contributed by atoms with Gasteiger partial charge in [0.1, 0.15) is 0 Å². The fraction of sp³-hybridized carbons (Fsp3) is 0.500. The lowest BCUT2D eigenvalue weighted by Crippen LogP contribution is -2.37. The average Bonchev–Trinajstić information content (AvgIpc) is 2.68. The molecule has 0 radical (unpaired) electrons. The third kappa shape index (κ3) is 3.28. The molecule has 0 saturated heterocycles. The molecular formula is C8H13N3OS2. The topological polar surface area (TPSA) is 68.0 Å². The summed E-state index contributed by atoms with van der Waals surface area (Å²) in [6, 6.07) is 0. The van der Waals surface area contributed by atoms with Crippen LogP contribution in [-0.4, -0.2) is 16.1 Å². The molecule has 78 valence electrons. The van der Waals surface area contributed by atoms with E-state index in [9.17, 15) is 4.79 Å². The van der Waals surface area contributed by atoms with E-state index < -0.39 is 0 Å². The summed E-state index contributed by atoms with van der Waals surface area (Å²) in [5.41, 5.74) is 2.18. The minimum Gasteiger partial charge on any atom is -0.293 e. The van der Waals surface area contributed by atoms with Gasteiger partial charge in [-0.25, -0.2) is 10.8 Å². The molecule has 4 nitrogen and oxygen atoms in total. The lowest BCUT2D eigenvalue weighted by molar-refractivity contribution is -0.120. The number of amides is 1. The van der Waals surface area contributed by atoms with Gasteiger partial charge in [-0.05, 0) is 6.42 Å². The minimum absolute atomic E-state index is 0.129. The van der Waals surface area contributed by atoms with Crippen molar-refractivity contribution < 1.29 is 4.79 Å². The highest BCUT2D eigenvalue weighted by molar-refractivity contribution is 8.02. The first-order valence-electron chi connectivity index (χ1n) is 4.34. The Bertz CT molecular complexity index is 276. The highest BCUT2D eigenvalue weighted by Crippen LogP contribution is 2.27. The molecule has 0 bridgehead atoms. The second-order valence-corrected chi connectivity index (χ2v) is 5.05. The van der Waals surface area contributed by atoms with Crippen molar-refractivity contribution in [1.29, 1.82) is 0 Å². The van der Waals surface area contributed by atoms with Gasteiger partial charge in [-0.3, -0.25) is 10.2 Å². The number of thioether (sulfide) groups is 1. The zero-order chi connectivity index (χ0) is 10.4. The van der Waals surface area contributed by atoms with Crippen LogP contribution >= 0.6 is 23.1 Å². The zero-order valence-corrected chi connectivity index (χ0v) is 9.53. The van der Waals surface area contributed by atoms with Crippen LogP contribution in [0, 0.1) is 0 Å². The maximum Gasteiger partial charge on any atom is 0.247 e. The maximum atomic E-state index is 11.3. The van der Waals surface area contributed by atoms with Crippen LogP contribution in [0.1, 0.15) is 19.8 Å². The van der Waals surface area contributed by atoms with Gasteiger partial charge in [0.2, 0.25) is 5.91 Å². The monoisotopic (exact) mass is 231 g/mol. The summed E-state index contributed by atoms with van der Waals surface area (Å²) >= 11 is 3.00. The van der Waals surface area contributed by atoms with Crippen LogP contribution in [0.3, 0.4) is 0 Å². The first kappa shape index (κ1) is 11.5. The summed E-state index contributed by atoms with van der Waals surface area (Å²) in [5, 5.41) is 1.77. The fourth-order valence-corrected chi connectivity index (χ4v) is 2.98. The van der Waals surface area contributed by atoms with E-state index in [0.717, 1.165) is 17.2 Å². The van der Waals surface area contributed by atoms with Crippen LogP contribution in [0.5, 0.6) is 0 Å². The van der Waals surface area contributed by atoms with Gasteiger partial charge in [-0.15, -0.1) is 11.3 Å². The molecule has 1 atom stereocenters. The molecule has 1 heterocycles. The molecule has 0 saturated carbocycles. The molecule has 1 amide bonds. The van der Waals surface area contributed by atoms with Crippen LogP contribution < -0.4 is 11.3 Å². The zero-order valence-electron chi connectivity index (χ0n) is 7.90. The minimum atomic E-state index is -0.132. The van der Waals surface area contributed by atoms with Crippen molar-refractivity contribution in [1.82, 2.24) is 10.4 Å². The van der Waals surface area contributed by atoms with E-state index in [2.05, 4.69) is 10.4 Å². The number of rotatable bonds is 5. The molecule has 14 heavy (non-hydrogen) atoms. The van der Waals surface area contributed by atoms with Crippen molar-refractivity contribution in [2.24, 2.45) is 5.84 Å². The van der Waals surface area contributed by atoms with Gasteiger partial charge >= 0.3 is 0 Å². The molecule has 3 N–H and O–H groups in total. The second-order valence-electron chi connectivity index (χ2n) is 2.70. The van der Waals surface area contributed by atoms with Crippen LogP contribution in [0.15, 0.2) is 15.9 Å². The SMILES string of the molecule is CCCC(Sc1nccs1)C(=O)NN. The summed E-state index contributed by atoms with van der Waals surface area (Å²) in [5.74, 6) is 4.97. The summed E-state index contributed by atoms with van der Waals surface area (Å²) in [7, 11) is 0. The predicted octanol–water partition coefficient (Wildman–Crippen LogP) is 1.39. The van der Waals surface area contributed by atoms with Gasteiger partial charge in [-0.1, -0.05) is 25.1 Å². The molecule has 0 aliphatic heterocycles. The van der Waals surface area contributed by atoms with Crippen molar-refractivity contribution in [3.05, 3.63) is 11.6 Å².